The van der Waals surface area contributed by atoms with Gasteiger partial charge < -0.3 is 9.84 Å². The Morgan fingerprint density at radius 2 is 2.12 bits per heavy atom. The van der Waals surface area contributed by atoms with Gasteiger partial charge in [0.15, 0.2) is 0 Å². The maximum atomic E-state index is 12.1. The predicted molar refractivity (Wildman–Crippen MR) is 64.9 cm³/mol. The first-order chi connectivity index (χ1) is 7.93. The van der Waals surface area contributed by atoms with Crippen LogP contribution < -0.4 is 4.74 Å². The molecule has 17 heavy (non-hydrogen) atoms. The first-order valence-corrected chi connectivity index (χ1v) is 6.66. The van der Waals surface area contributed by atoms with Gasteiger partial charge in [-0.05, 0) is 12.1 Å². The Labute approximate surface area is 106 Å². The molecule has 0 saturated heterocycles. The molecule has 0 aliphatic heterocycles. The highest BCUT2D eigenvalue weighted by atomic mass is 35.5. The van der Waals surface area contributed by atoms with Gasteiger partial charge in [-0.15, -0.1) is 0 Å². The minimum absolute atomic E-state index is 0.0219. The van der Waals surface area contributed by atoms with Crippen LogP contribution >= 0.6 is 11.6 Å². The highest BCUT2D eigenvalue weighted by molar-refractivity contribution is 7.89. The number of hydrogen-bond donors (Lipinski definition) is 1. The largest absolute Gasteiger partial charge is 0.495 e. The zero-order valence-electron chi connectivity index (χ0n) is 9.55. The van der Waals surface area contributed by atoms with Gasteiger partial charge in [-0.25, -0.2) is 8.42 Å². The van der Waals surface area contributed by atoms with Gasteiger partial charge in [-0.1, -0.05) is 11.6 Å². The maximum absolute atomic E-state index is 12.1. The summed E-state index contributed by atoms with van der Waals surface area (Å²) in [4.78, 5) is 0.0281. The van der Waals surface area contributed by atoms with Crippen LogP contribution in [0.5, 0.6) is 5.75 Å². The lowest BCUT2D eigenvalue weighted by atomic mass is 10.3. The van der Waals surface area contributed by atoms with E-state index in [0.29, 0.717) is 5.02 Å². The average Bonchev–Trinajstić information content (AvgIpc) is 2.28. The van der Waals surface area contributed by atoms with Gasteiger partial charge >= 0.3 is 0 Å². The van der Waals surface area contributed by atoms with Crippen molar-refractivity contribution in [2.24, 2.45) is 0 Å². The SMILES string of the molecule is COc1cc(Cl)ccc1S(=O)(=O)N(C)CCO. The predicted octanol–water partition coefficient (Wildman–Crippen LogP) is 0.961. The van der Waals surface area contributed by atoms with Crippen LogP contribution in [0.4, 0.5) is 0 Å². The summed E-state index contributed by atoms with van der Waals surface area (Å²) in [5, 5.41) is 9.15. The van der Waals surface area contributed by atoms with E-state index >= 15 is 0 Å². The number of likely N-dealkylation sites (N-methyl/N-ethyl adjacent to an activating group) is 1. The molecule has 0 heterocycles. The molecule has 0 radical (unpaired) electrons. The number of hydrogen-bond acceptors (Lipinski definition) is 4. The maximum Gasteiger partial charge on any atom is 0.246 e. The Morgan fingerprint density at radius 1 is 1.47 bits per heavy atom. The lowest BCUT2D eigenvalue weighted by Crippen LogP contribution is -2.29. The van der Waals surface area contributed by atoms with E-state index in [1.54, 1.807) is 0 Å². The van der Waals surface area contributed by atoms with Gasteiger partial charge in [0.25, 0.3) is 0 Å². The first kappa shape index (κ1) is 14.2. The molecule has 0 saturated carbocycles. The highest BCUT2D eigenvalue weighted by Gasteiger charge is 2.24. The monoisotopic (exact) mass is 279 g/mol. The fourth-order valence-electron chi connectivity index (χ4n) is 1.28. The van der Waals surface area contributed by atoms with Crippen molar-refractivity contribution in [3.8, 4) is 5.75 Å². The van der Waals surface area contributed by atoms with Gasteiger partial charge in [-0.3, -0.25) is 0 Å². The number of sulfonamides is 1. The van der Waals surface area contributed by atoms with Gasteiger partial charge in [-0.2, -0.15) is 4.31 Å². The van der Waals surface area contributed by atoms with Gasteiger partial charge in [0.1, 0.15) is 10.6 Å². The average molecular weight is 280 g/mol. The topological polar surface area (TPSA) is 66.8 Å². The van der Waals surface area contributed by atoms with Gasteiger partial charge in [0.05, 0.1) is 13.7 Å². The van der Waals surface area contributed by atoms with E-state index in [1.807, 2.05) is 0 Å². The molecule has 0 aromatic heterocycles. The van der Waals surface area contributed by atoms with Crippen molar-refractivity contribution >= 4 is 21.6 Å². The van der Waals surface area contributed by atoms with Crippen LogP contribution in [0.1, 0.15) is 0 Å². The zero-order valence-corrected chi connectivity index (χ0v) is 11.1. The van der Waals surface area contributed by atoms with Crippen LogP contribution in [-0.2, 0) is 10.0 Å². The molecular formula is C10H14ClNO4S. The normalized spacial score (nSPS) is 11.8. The van der Waals surface area contributed by atoms with Crippen molar-refractivity contribution in [2.75, 3.05) is 27.3 Å². The van der Waals surface area contributed by atoms with E-state index in [1.165, 1.54) is 32.4 Å². The summed E-state index contributed by atoms with van der Waals surface area (Å²) in [5.41, 5.74) is 0. The highest BCUT2D eigenvalue weighted by Crippen LogP contribution is 2.28. The van der Waals surface area contributed by atoms with E-state index in [-0.39, 0.29) is 23.8 Å². The Hall–Kier alpha value is -0.820. The standard InChI is InChI=1S/C10H14ClNO4S/c1-12(5-6-13)17(14,15)10-4-3-8(11)7-9(10)16-2/h3-4,7,13H,5-6H2,1-2H3. The molecule has 7 heteroatoms. The van der Waals surface area contributed by atoms with Crippen molar-refractivity contribution in [3.05, 3.63) is 23.2 Å². The zero-order chi connectivity index (χ0) is 13.1. The van der Waals surface area contributed by atoms with Crippen molar-refractivity contribution < 1.29 is 18.3 Å². The molecule has 0 amide bonds. The minimum Gasteiger partial charge on any atom is -0.495 e. The number of ether oxygens (including phenoxy) is 1. The molecule has 0 aliphatic carbocycles. The Morgan fingerprint density at radius 3 is 2.65 bits per heavy atom. The number of benzene rings is 1. The Bertz CT molecular complexity index is 489. The summed E-state index contributed by atoms with van der Waals surface area (Å²) in [6.45, 7) is -0.222. The number of methoxy groups -OCH3 is 1. The molecule has 1 aromatic rings. The van der Waals surface area contributed by atoms with E-state index < -0.39 is 10.0 Å². The molecule has 0 unspecified atom stereocenters. The third-order valence-corrected chi connectivity index (χ3v) is 4.36. The fourth-order valence-corrected chi connectivity index (χ4v) is 2.74. The van der Waals surface area contributed by atoms with Gasteiger partial charge in [0, 0.05) is 24.7 Å². The lowest BCUT2D eigenvalue weighted by molar-refractivity contribution is 0.266. The van der Waals surface area contributed by atoms with Crippen LogP contribution in [0, 0.1) is 0 Å². The summed E-state index contributed by atoms with van der Waals surface area (Å²) in [5.74, 6) is 0.183. The minimum atomic E-state index is -3.67. The van der Waals surface area contributed by atoms with E-state index in [9.17, 15) is 8.42 Å². The molecule has 5 nitrogen and oxygen atoms in total. The van der Waals surface area contributed by atoms with E-state index in [2.05, 4.69) is 0 Å². The third-order valence-electron chi connectivity index (χ3n) is 2.23. The molecule has 0 fully saturated rings. The molecule has 96 valence electrons. The number of halogens is 1. The summed E-state index contributed by atoms with van der Waals surface area (Å²) in [6, 6.07) is 4.29. The summed E-state index contributed by atoms with van der Waals surface area (Å²) in [6.07, 6.45) is 0. The van der Waals surface area contributed by atoms with Crippen molar-refractivity contribution in [3.63, 3.8) is 0 Å². The number of aliphatic hydroxyl groups is 1. The van der Waals surface area contributed by atoms with Crippen molar-refractivity contribution in [1.29, 1.82) is 0 Å². The van der Waals surface area contributed by atoms with Crippen molar-refractivity contribution in [1.82, 2.24) is 4.31 Å². The molecule has 0 aliphatic rings. The fraction of sp³-hybridized carbons (Fsp3) is 0.400. The van der Waals surface area contributed by atoms with Crippen LogP contribution in [0.2, 0.25) is 5.02 Å². The first-order valence-electron chi connectivity index (χ1n) is 4.84. The Kier molecular flexibility index (Phi) is 4.76. The van der Waals surface area contributed by atoms with Crippen molar-refractivity contribution in [2.45, 2.75) is 4.90 Å². The molecule has 0 spiro atoms. The van der Waals surface area contributed by atoms with E-state index in [4.69, 9.17) is 21.4 Å². The quantitative estimate of drug-likeness (QED) is 0.872. The van der Waals surface area contributed by atoms with Crippen LogP contribution in [0.25, 0.3) is 0 Å². The van der Waals surface area contributed by atoms with Crippen LogP contribution in [-0.4, -0.2) is 45.1 Å². The summed E-state index contributed by atoms with van der Waals surface area (Å²) >= 11 is 5.76. The summed E-state index contributed by atoms with van der Waals surface area (Å²) < 4.78 is 30.3. The number of aliphatic hydroxyl groups excluding tert-OH is 1. The van der Waals surface area contributed by atoms with Crippen LogP contribution in [0.3, 0.4) is 0 Å². The molecular weight excluding hydrogens is 266 g/mol. The second kappa shape index (κ2) is 5.68. The molecule has 0 bridgehead atoms. The lowest BCUT2D eigenvalue weighted by Gasteiger charge is -2.17. The smallest absolute Gasteiger partial charge is 0.246 e. The summed E-state index contributed by atoms with van der Waals surface area (Å²) in [7, 11) is -0.911. The van der Waals surface area contributed by atoms with Crippen LogP contribution in [0.15, 0.2) is 23.1 Å². The molecule has 1 N–H and O–H groups in total. The number of rotatable bonds is 5. The number of nitrogens with zero attached hydrogens (tertiary/aromatic N) is 1. The van der Waals surface area contributed by atoms with Gasteiger partial charge in [0.2, 0.25) is 10.0 Å². The Balaban J connectivity index is 3.23. The molecule has 1 aromatic carbocycles. The second-order valence-corrected chi connectivity index (χ2v) is 5.80. The van der Waals surface area contributed by atoms with E-state index in [0.717, 1.165) is 4.31 Å². The molecule has 1 rings (SSSR count). The molecule has 0 atom stereocenters. The third kappa shape index (κ3) is 3.10. The second-order valence-electron chi connectivity index (χ2n) is 3.35.